The molecule has 1 aliphatic rings. The SMILES string of the molecule is c1ccc(CC[C@]2(COCc3ccccc3)CO2)cc1. The van der Waals surface area contributed by atoms with Crippen LogP contribution in [-0.2, 0) is 22.5 Å². The third-order valence-electron chi connectivity index (χ3n) is 3.74. The summed E-state index contributed by atoms with van der Waals surface area (Å²) in [7, 11) is 0. The highest BCUT2D eigenvalue weighted by atomic mass is 16.6. The predicted octanol–water partition coefficient (Wildman–Crippen LogP) is 3.61. The molecule has 20 heavy (non-hydrogen) atoms. The fraction of sp³-hybridized carbons (Fsp3) is 0.333. The number of benzene rings is 2. The van der Waals surface area contributed by atoms with Crippen molar-refractivity contribution in [1.29, 1.82) is 0 Å². The maximum atomic E-state index is 5.81. The molecular weight excluding hydrogens is 248 g/mol. The smallest absolute Gasteiger partial charge is 0.115 e. The monoisotopic (exact) mass is 268 g/mol. The molecule has 0 aromatic heterocycles. The standard InChI is InChI=1S/C18H20O2/c1-3-7-16(8-4-1)11-12-18(15-20-18)14-19-13-17-9-5-2-6-10-17/h1-10H,11-15H2/t18-/m0/s1. The summed E-state index contributed by atoms with van der Waals surface area (Å²) in [6.07, 6.45) is 2.08. The highest BCUT2D eigenvalue weighted by molar-refractivity contribution is 5.16. The normalized spacial score (nSPS) is 20.8. The van der Waals surface area contributed by atoms with Gasteiger partial charge >= 0.3 is 0 Å². The number of rotatable bonds is 7. The first-order chi connectivity index (χ1) is 9.86. The number of epoxide rings is 1. The highest BCUT2D eigenvalue weighted by Gasteiger charge is 2.44. The molecule has 3 rings (SSSR count). The van der Waals surface area contributed by atoms with Crippen molar-refractivity contribution in [3.05, 3.63) is 71.8 Å². The van der Waals surface area contributed by atoms with Crippen LogP contribution in [0.25, 0.3) is 0 Å². The second-order valence-corrected chi connectivity index (χ2v) is 5.44. The Hall–Kier alpha value is -1.64. The first kappa shape index (κ1) is 13.3. The summed E-state index contributed by atoms with van der Waals surface area (Å²) in [5.74, 6) is 0. The third-order valence-corrected chi connectivity index (χ3v) is 3.74. The molecule has 0 amide bonds. The van der Waals surface area contributed by atoms with Crippen LogP contribution in [0.2, 0.25) is 0 Å². The molecule has 1 atom stereocenters. The van der Waals surface area contributed by atoms with Crippen molar-refractivity contribution < 1.29 is 9.47 Å². The van der Waals surface area contributed by atoms with Gasteiger partial charge in [-0.15, -0.1) is 0 Å². The Morgan fingerprint density at radius 2 is 1.50 bits per heavy atom. The molecule has 104 valence electrons. The van der Waals surface area contributed by atoms with Crippen LogP contribution in [0.3, 0.4) is 0 Å². The van der Waals surface area contributed by atoms with Gasteiger partial charge in [0.2, 0.25) is 0 Å². The van der Waals surface area contributed by atoms with Crippen molar-refractivity contribution in [2.75, 3.05) is 13.2 Å². The van der Waals surface area contributed by atoms with E-state index < -0.39 is 0 Å². The van der Waals surface area contributed by atoms with Gasteiger partial charge in [-0.05, 0) is 24.0 Å². The maximum absolute atomic E-state index is 5.81. The van der Waals surface area contributed by atoms with Gasteiger partial charge in [0.25, 0.3) is 0 Å². The van der Waals surface area contributed by atoms with E-state index >= 15 is 0 Å². The van der Waals surface area contributed by atoms with E-state index in [0.717, 1.165) is 19.4 Å². The zero-order chi connectivity index (χ0) is 13.7. The number of hydrogen-bond donors (Lipinski definition) is 0. The zero-order valence-corrected chi connectivity index (χ0v) is 11.6. The fourth-order valence-electron chi connectivity index (χ4n) is 2.35. The molecule has 1 fully saturated rings. The van der Waals surface area contributed by atoms with Gasteiger partial charge in [0.15, 0.2) is 0 Å². The van der Waals surface area contributed by atoms with Crippen molar-refractivity contribution in [2.24, 2.45) is 0 Å². The summed E-state index contributed by atoms with van der Waals surface area (Å²) >= 11 is 0. The molecule has 1 heterocycles. The second kappa shape index (κ2) is 6.21. The molecule has 0 bridgehead atoms. The number of ether oxygens (including phenoxy) is 2. The van der Waals surface area contributed by atoms with Crippen LogP contribution in [-0.4, -0.2) is 18.8 Å². The van der Waals surface area contributed by atoms with Crippen LogP contribution >= 0.6 is 0 Å². The van der Waals surface area contributed by atoms with Crippen molar-refractivity contribution in [3.8, 4) is 0 Å². The third kappa shape index (κ3) is 3.69. The fourth-order valence-corrected chi connectivity index (χ4v) is 2.35. The lowest BCUT2D eigenvalue weighted by Gasteiger charge is -2.12. The molecular formula is C18H20O2. The van der Waals surface area contributed by atoms with Crippen LogP contribution in [0.5, 0.6) is 0 Å². The molecule has 0 saturated carbocycles. The maximum Gasteiger partial charge on any atom is 0.115 e. The summed E-state index contributed by atoms with van der Waals surface area (Å²) in [4.78, 5) is 0. The zero-order valence-electron chi connectivity index (χ0n) is 11.6. The van der Waals surface area contributed by atoms with Gasteiger partial charge < -0.3 is 9.47 Å². The number of hydrogen-bond acceptors (Lipinski definition) is 2. The minimum Gasteiger partial charge on any atom is -0.374 e. The van der Waals surface area contributed by atoms with E-state index in [1.165, 1.54) is 11.1 Å². The molecule has 2 heteroatoms. The molecule has 0 N–H and O–H groups in total. The Balaban J connectivity index is 1.43. The van der Waals surface area contributed by atoms with Gasteiger partial charge in [0.1, 0.15) is 5.60 Å². The van der Waals surface area contributed by atoms with Crippen molar-refractivity contribution >= 4 is 0 Å². The van der Waals surface area contributed by atoms with Crippen LogP contribution in [0, 0.1) is 0 Å². The average Bonchev–Trinajstić information content (AvgIpc) is 3.28. The number of aryl methyl sites for hydroxylation is 1. The summed E-state index contributed by atoms with van der Waals surface area (Å²) in [5.41, 5.74) is 2.54. The lowest BCUT2D eigenvalue weighted by Crippen LogP contribution is -2.20. The van der Waals surface area contributed by atoms with E-state index in [2.05, 4.69) is 42.5 Å². The molecule has 0 aliphatic carbocycles. The van der Waals surface area contributed by atoms with E-state index in [-0.39, 0.29) is 5.60 Å². The molecule has 2 nitrogen and oxygen atoms in total. The highest BCUT2D eigenvalue weighted by Crippen LogP contribution is 2.32. The molecule has 0 spiro atoms. The van der Waals surface area contributed by atoms with E-state index in [4.69, 9.17) is 9.47 Å². The largest absolute Gasteiger partial charge is 0.374 e. The quantitative estimate of drug-likeness (QED) is 0.716. The van der Waals surface area contributed by atoms with Crippen LogP contribution in [0.4, 0.5) is 0 Å². The molecule has 2 aromatic carbocycles. The first-order valence-electron chi connectivity index (χ1n) is 7.16. The Morgan fingerprint density at radius 3 is 2.10 bits per heavy atom. The molecule has 0 unspecified atom stereocenters. The van der Waals surface area contributed by atoms with Crippen molar-refractivity contribution in [2.45, 2.75) is 25.0 Å². The van der Waals surface area contributed by atoms with E-state index in [1.54, 1.807) is 0 Å². The summed E-state index contributed by atoms with van der Waals surface area (Å²) < 4.78 is 11.4. The van der Waals surface area contributed by atoms with Gasteiger partial charge in [-0.1, -0.05) is 60.7 Å². The Kier molecular flexibility index (Phi) is 4.14. The van der Waals surface area contributed by atoms with Gasteiger partial charge in [0.05, 0.1) is 19.8 Å². The van der Waals surface area contributed by atoms with Crippen LogP contribution in [0.15, 0.2) is 60.7 Å². The first-order valence-corrected chi connectivity index (χ1v) is 7.16. The van der Waals surface area contributed by atoms with Crippen LogP contribution < -0.4 is 0 Å². The predicted molar refractivity (Wildman–Crippen MR) is 79.5 cm³/mol. The lowest BCUT2D eigenvalue weighted by molar-refractivity contribution is 0.0643. The Bertz CT molecular complexity index is 518. The minimum absolute atomic E-state index is 0.0371. The van der Waals surface area contributed by atoms with Gasteiger partial charge in [-0.2, -0.15) is 0 Å². The molecule has 0 radical (unpaired) electrons. The van der Waals surface area contributed by atoms with Gasteiger partial charge in [-0.25, -0.2) is 0 Å². The van der Waals surface area contributed by atoms with E-state index in [1.807, 2.05) is 18.2 Å². The summed E-state index contributed by atoms with van der Waals surface area (Å²) in [6, 6.07) is 20.8. The van der Waals surface area contributed by atoms with E-state index in [9.17, 15) is 0 Å². The molecule has 1 saturated heterocycles. The second-order valence-electron chi connectivity index (χ2n) is 5.44. The Labute approximate surface area is 120 Å². The summed E-state index contributed by atoms with van der Waals surface area (Å²) in [6.45, 7) is 2.18. The molecule has 1 aliphatic heterocycles. The lowest BCUT2D eigenvalue weighted by atomic mass is 10.0. The molecule has 2 aromatic rings. The van der Waals surface area contributed by atoms with E-state index in [0.29, 0.717) is 13.2 Å². The minimum atomic E-state index is -0.0371. The van der Waals surface area contributed by atoms with Crippen molar-refractivity contribution in [1.82, 2.24) is 0 Å². The van der Waals surface area contributed by atoms with Gasteiger partial charge in [-0.3, -0.25) is 0 Å². The topological polar surface area (TPSA) is 21.8 Å². The van der Waals surface area contributed by atoms with Crippen LogP contribution in [0.1, 0.15) is 17.5 Å². The van der Waals surface area contributed by atoms with Gasteiger partial charge in [0, 0.05) is 0 Å². The summed E-state index contributed by atoms with van der Waals surface area (Å²) in [5, 5.41) is 0. The van der Waals surface area contributed by atoms with Crippen molar-refractivity contribution in [3.63, 3.8) is 0 Å². The Morgan fingerprint density at radius 1 is 0.900 bits per heavy atom. The average molecular weight is 268 g/mol.